The van der Waals surface area contributed by atoms with Crippen molar-refractivity contribution in [3.8, 4) is 0 Å². The van der Waals surface area contributed by atoms with Crippen molar-refractivity contribution in [1.29, 1.82) is 0 Å². The average Bonchev–Trinajstić information content (AvgIpc) is 2.60. The van der Waals surface area contributed by atoms with Crippen LogP contribution in [-0.2, 0) is 14.8 Å². The van der Waals surface area contributed by atoms with Gasteiger partial charge in [0.05, 0.1) is 18.0 Å². The van der Waals surface area contributed by atoms with Gasteiger partial charge in [-0.25, -0.2) is 8.42 Å². The molecular formula is C20H25ClN2O3S. The van der Waals surface area contributed by atoms with Crippen LogP contribution in [0.1, 0.15) is 36.1 Å². The Kier molecular flexibility index (Phi) is 6.89. The number of benzene rings is 2. The Hall–Kier alpha value is -2.05. The number of nitrogens with one attached hydrogen (secondary N) is 1. The molecule has 27 heavy (non-hydrogen) atoms. The molecule has 0 aromatic heterocycles. The number of amides is 1. The maximum atomic E-state index is 12.6. The van der Waals surface area contributed by atoms with Gasteiger partial charge < -0.3 is 5.32 Å². The zero-order chi connectivity index (χ0) is 20.2. The first kappa shape index (κ1) is 21.3. The molecule has 0 aliphatic heterocycles. The third-order valence-electron chi connectivity index (χ3n) is 4.35. The molecule has 0 fully saturated rings. The highest BCUT2D eigenvalue weighted by Crippen LogP contribution is 2.25. The highest BCUT2D eigenvalue weighted by atomic mass is 35.5. The van der Waals surface area contributed by atoms with Crippen LogP contribution in [0.5, 0.6) is 0 Å². The molecule has 0 aliphatic carbocycles. The number of hydrogen-bond acceptors (Lipinski definition) is 3. The molecule has 0 radical (unpaired) electrons. The summed E-state index contributed by atoms with van der Waals surface area (Å²) in [5.74, 6) is -0.371. The smallest absolute Gasteiger partial charge is 0.241 e. The van der Waals surface area contributed by atoms with E-state index < -0.39 is 10.0 Å². The third kappa shape index (κ3) is 5.71. The molecule has 1 amide bonds. The Labute approximate surface area is 166 Å². The van der Waals surface area contributed by atoms with Crippen LogP contribution in [0.4, 0.5) is 5.69 Å². The van der Waals surface area contributed by atoms with Crippen LogP contribution in [0.3, 0.4) is 0 Å². The fourth-order valence-corrected chi connectivity index (χ4v) is 3.75. The van der Waals surface area contributed by atoms with Crippen molar-refractivity contribution in [2.75, 3.05) is 17.1 Å². The lowest BCUT2D eigenvalue weighted by atomic mass is 10.0. The van der Waals surface area contributed by atoms with E-state index in [2.05, 4.69) is 5.32 Å². The van der Waals surface area contributed by atoms with Gasteiger partial charge in [0.25, 0.3) is 0 Å². The average molecular weight is 409 g/mol. The first-order valence-electron chi connectivity index (χ1n) is 8.71. The molecule has 0 saturated carbocycles. The number of nitrogens with zero attached hydrogens (tertiary/aromatic N) is 1. The van der Waals surface area contributed by atoms with Crippen LogP contribution < -0.4 is 9.62 Å². The molecule has 5 nitrogen and oxygen atoms in total. The van der Waals surface area contributed by atoms with E-state index in [0.717, 1.165) is 27.3 Å². The molecule has 2 aromatic rings. The van der Waals surface area contributed by atoms with E-state index in [1.165, 1.54) is 0 Å². The highest BCUT2D eigenvalue weighted by molar-refractivity contribution is 7.92. The molecule has 1 unspecified atom stereocenters. The highest BCUT2D eigenvalue weighted by Gasteiger charge is 2.23. The second kappa shape index (κ2) is 8.76. The van der Waals surface area contributed by atoms with Gasteiger partial charge in [-0.2, -0.15) is 0 Å². The zero-order valence-electron chi connectivity index (χ0n) is 16.0. The Morgan fingerprint density at radius 2 is 1.78 bits per heavy atom. The first-order valence-corrected chi connectivity index (χ1v) is 10.9. The number of aryl methyl sites for hydroxylation is 2. The first-order chi connectivity index (χ1) is 12.6. The summed E-state index contributed by atoms with van der Waals surface area (Å²) in [5, 5.41) is 3.37. The van der Waals surface area contributed by atoms with Crippen LogP contribution in [0.15, 0.2) is 42.5 Å². The minimum atomic E-state index is -3.64. The largest absolute Gasteiger partial charge is 0.348 e. The summed E-state index contributed by atoms with van der Waals surface area (Å²) in [7, 11) is -3.64. The molecular weight excluding hydrogens is 384 g/mol. The van der Waals surface area contributed by atoms with E-state index in [9.17, 15) is 13.2 Å². The number of sulfonamides is 1. The maximum absolute atomic E-state index is 12.6. The fraction of sp³-hybridized carbons (Fsp3) is 0.350. The SMILES string of the molecule is CCC(NC(=O)CN(c1ccc(C)c(Cl)c1)S(C)(=O)=O)c1ccc(C)cc1. The van der Waals surface area contributed by atoms with Gasteiger partial charge >= 0.3 is 0 Å². The summed E-state index contributed by atoms with van der Waals surface area (Å²) in [6.07, 6.45) is 1.77. The Bertz CT molecular complexity index is 911. The van der Waals surface area contributed by atoms with Gasteiger partial charge in [-0.1, -0.05) is 54.4 Å². The molecule has 1 atom stereocenters. The third-order valence-corrected chi connectivity index (χ3v) is 5.90. The summed E-state index contributed by atoms with van der Waals surface area (Å²) < 4.78 is 25.5. The number of anilines is 1. The van der Waals surface area contributed by atoms with Crippen LogP contribution >= 0.6 is 11.6 Å². The normalized spacial score (nSPS) is 12.5. The van der Waals surface area contributed by atoms with E-state index in [1.807, 2.05) is 45.0 Å². The van der Waals surface area contributed by atoms with E-state index in [0.29, 0.717) is 17.1 Å². The van der Waals surface area contributed by atoms with Gasteiger partial charge in [0, 0.05) is 5.02 Å². The molecule has 0 aliphatic rings. The molecule has 7 heteroatoms. The molecule has 0 saturated heterocycles. The molecule has 146 valence electrons. The molecule has 0 spiro atoms. The number of carbonyl (C=O) groups is 1. The molecule has 2 aromatic carbocycles. The lowest BCUT2D eigenvalue weighted by molar-refractivity contribution is -0.120. The van der Waals surface area contributed by atoms with Crippen molar-refractivity contribution in [2.24, 2.45) is 0 Å². The second-order valence-electron chi connectivity index (χ2n) is 6.64. The lowest BCUT2D eigenvalue weighted by Crippen LogP contribution is -2.41. The van der Waals surface area contributed by atoms with Gasteiger partial charge in [-0.15, -0.1) is 0 Å². The van der Waals surface area contributed by atoms with Crippen molar-refractivity contribution in [2.45, 2.75) is 33.2 Å². The summed E-state index contributed by atoms with van der Waals surface area (Å²) >= 11 is 6.12. The Morgan fingerprint density at radius 1 is 1.15 bits per heavy atom. The van der Waals surface area contributed by atoms with Gasteiger partial charge in [-0.3, -0.25) is 9.10 Å². The fourth-order valence-electron chi connectivity index (χ4n) is 2.73. The Balaban J connectivity index is 2.20. The van der Waals surface area contributed by atoms with Crippen LogP contribution in [0.2, 0.25) is 5.02 Å². The zero-order valence-corrected chi connectivity index (χ0v) is 17.6. The molecule has 1 N–H and O–H groups in total. The minimum Gasteiger partial charge on any atom is -0.348 e. The number of rotatable bonds is 7. The maximum Gasteiger partial charge on any atom is 0.241 e. The van der Waals surface area contributed by atoms with Gasteiger partial charge in [-0.05, 0) is 43.5 Å². The van der Waals surface area contributed by atoms with Crippen molar-refractivity contribution in [3.05, 3.63) is 64.2 Å². The predicted molar refractivity (Wildman–Crippen MR) is 111 cm³/mol. The van der Waals surface area contributed by atoms with E-state index in [1.54, 1.807) is 18.2 Å². The van der Waals surface area contributed by atoms with Gasteiger partial charge in [0.1, 0.15) is 6.54 Å². The molecule has 0 bridgehead atoms. The second-order valence-corrected chi connectivity index (χ2v) is 8.96. The van der Waals surface area contributed by atoms with Crippen LogP contribution in [0.25, 0.3) is 0 Å². The number of carbonyl (C=O) groups excluding carboxylic acids is 1. The van der Waals surface area contributed by atoms with Crippen molar-refractivity contribution in [1.82, 2.24) is 5.32 Å². The number of hydrogen-bond donors (Lipinski definition) is 1. The number of halogens is 1. The molecule has 0 heterocycles. The van der Waals surface area contributed by atoms with Crippen molar-refractivity contribution >= 4 is 33.2 Å². The summed E-state index contributed by atoms with van der Waals surface area (Å²) in [6.45, 7) is 5.50. The van der Waals surface area contributed by atoms with Crippen LogP contribution in [0, 0.1) is 13.8 Å². The summed E-state index contributed by atoms with van der Waals surface area (Å²) in [6, 6.07) is 12.7. The summed E-state index contributed by atoms with van der Waals surface area (Å²) in [5.41, 5.74) is 3.33. The van der Waals surface area contributed by atoms with E-state index >= 15 is 0 Å². The van der Waals surface area contributed by atoms with E-state index in [4.69, 9.17) is 11.6 Å². The Morgan fingerprint density at radius 3 is 2.30 bits per heavy atom. The quantitative estimate of drug-likeness (QED) is 0.753. The van der Waals surface area contributed by atoms with Gasteiger partial charge in [0.15, 0.2) is 0 Å². The van der Waals surface area contributed by atoms with Crippen molar-refractivity contribution in [3.63, 3.8) is 0 Å². The van der Waals surface area contributed by atoms with E-state index in [-0.39, 0.29) is 18.5 Å². The summed E-state index contributed by atoms with van der Waals surface area (Å²) in [4.78, 5) is 12.6. The minimum absolute atomic E-state index is 0.180. The van der Waals surface area contributed by atoms with Crippen LogP contribution in [-0.4, -0.2) is 27.1 Å². The predicted octanol–water partition coefficient (Wildman–Crippen LogP) is 3.99. The lowest BCUT2D eigenvalue weighted by Gasteiger charge is -2.24. The monoisotopic (exact) mass is 408 g/mol. The molecule has 2 rings (SSSR count). The topological polar surface area (TPSA) is 66.5 Å². The van der Waals surface area contributed by atoms with Gasteiger partial charge in [0.2, 0.25) is 15.9 Å². The standard InChI is InChI=1S/C20H25ClN2O3S/c1-5-19(16-9-6-14(2)7-10-16)22-20(24)13-23(27(4,25)26)17-11-8-15(3)18(21)12-17/h6-12,19H,5,13H2,1-4H3,(H,22,24). The van der Waals surface area contributed by atoms with Crippen molar-refractivity contribution < 1.29 is 13.2 Å².